The zero-order valence-corrected chi connectivity index (χ0v) is 18.0. The molecule has 0 aromatic heterocycles. The standard InChI is InChI=1S/C18H34ClN4O3P/c19-27(24,25-22-13-5-17(6-14-22)20-9-1-2-10-20)26-23-15-7-18(8-16-23)21-11-3-4-12-21/h17-18H,1-16H2. The molecule has 9 heteroatoms. The van der Waals surface area contributed by atoms with E-state index >= 15 is 0 Å². The van der Waals surface area contributed by atoms with Gasteiger partial charge in [-0.15, -0.1) is 0 Å². The molecule has 4 heterocycles. The van der Waals surface area contributed by atoms with Crippen LogP contribution >= 0.6 is 18.2 Å². The third-order valence-corrected chi connectivity index (χ3v) is 7.81. The highest BCUT2D eigenvalue weighted by molar-refractivity contribution is 7.81. The van der Waals surface area contributed by atoms with E-state index in [1.54, 1.807) is 10.1 Å². The van der Waals surface area contributed by atoms with Crippen LogP contribution in [0, 0.1) is 0 Å². The van der Waals surface area contributed by atoms with Crippen molar-refractivity contribution >= 4 is 18.2 Å². The highest BCUT2D eigenvalue weighted by atomic mass is 35.7. The normalized spacial score (nSPS) is 29.1. The third kappa shape index (κ3) is 5.67. The largest absolute Gasteiger partial charge is 0.457 e. The van der Waals surface area contributed by atoms with Gasteiger partial charge in [-0.3, -0.25) is 0 Å². The number of rotatable bonds is 6. The molecule has 0 bridgehead atoms. The topological polar surface area (TPSA) is 48.5 Å². The minimum atomic E-state index is -3.62. The van der Waals surface area contributed by atoms with Crippen molar-refractivity contribution in [3.63, 3.8) is 0 Å². The van der Waals surface area contributed by atoms with E-state index < -0.39 is 6.95 Å². The van der Waals surface area contributed by atoms with E-state index in [4.69, 9.17) is 20.5 Å². The first kappa shape index (κ1) is 20.5. The maximum Gasteiger partial charge on any atom is 0.457 e. The molecule has 0 aliphatic carbocycles. The first-order valence-corrected chi connectivity index (χ1v) is 13.2. The lowest BCUT2D eigenvalue weighted by molar-refractivity contribution is -0.137. The summed E-state index contributed by atoms with van der Waals surface area (Å²) in [5, 5.41) is 3.49. The molecule has 4 saturated heterocycles. The summed E-state index contributed by atoms with van der Waals surface area (Å²) in [5.41, 5.74) is 0. The molecule has 27 heavy (non-hydrogen) atoms. The summed E-state index contributed by atoms with van der Waals surface area (Å²) < 4.78 is 23.8. The monoisotopic (exact) mass is 420 g/mol. The lowest BCUT2D eigenvalue weighted by atomic mass is 10.1. The van der Waals surface area contributed by atoms with Crippen molar-refractivity contribution in [2.45, 2.75) is 63.5 Å². The van der Waals surface area contributed by atoms with Crippen LogP contribution < -0.4 is 0 Å². The fraction of sp³-hybridized carbons (Fsp3) is 1.00. The second-order valence-electron chi connectivity index (χ2n) is 8.40. The van der Waals surface area contributed by atoms with Gasteiger partial charge < -0.3 is 9.80 Å². The summed E-state index contributed by atoms with van der Waals surface area (Å²) in [6.07, 6.45) is 9.42. The Bertz CT molecular complexity index is 473. The maximum absolute atomic E-state index is 12.6. The Morgan fingerprint density at radius 2 is 0.963 bits per heavy atom. The van der Waals surface area contributed by atoms with Gasteiger partial charge in [-0.25, -0.2) is 13.8 Å². The maximum atomic E-state index is 12.6. The van der Waals surface area contributed by atoms with Gasteiger partial charge in [-0.1, -0.05) is 0 Å². The van der Waals surface area contributed by atoms with Crippen molar-refractivity contribution in [2.24, 2.45) is 0 Å². The molecule has 7 nitrogen and oxygen atoms in total. The Morgan fingerprint density at radius 3 is 1.30 bits per heavy atom. The van der Waals surface area contributed by atoms with Gasteiger partial charge in [0, 0.05) is 49.5 Å². The number of likely N-dealkylation sites (tertiary alicyclic amines) is 2. The average molecular weight is 421 g/mol. The molecule has 0 N–H and O–H groups in total. The van der Waals surface area contributed by atoms with E-state index in [2.05, 4.69) is 9.80 Å². The summed E-state index contributed by atoms with van der Waals surface area (Å²) in [4.78, 5) is 5.16. The molecule has 4 rings (SSSR count). The average Bonchev–Trinajstić information content (AvgIpc) is 3.36. The highest BCUT2D eigenvalue weighted by Crippen LogP contribution is 2.55. The summed E-state index contributed by atoms with van der Waals surface area (Å²) in [6, 6.07) is 1.26. The first-order valence-electron chi connectivity index (χ1n) is 10.8. The Labute approximate surface area is 168 Å². The minimum absolute atomic E-state index is 0.632. The molecule has 4 fully saturated rings. The molecule has 0 spiro atoms. The highest BCUT2D eigenvalue weighted by Gasteiger charge is 2.35. The lowest BCUT2D eigenvalue weighted by Crippen LogP contribution is -2.44. The van der Waals surface area contributed by atoms with Crippen molar-refractivity contribution in [3.05, 3.63) is 0 Å². The van der Waals surface area contributed by atoms with Crippen LogP contribution in [0.5, 0.6) is 0 Å². The van der Waals surface area contributed by atoms with Crippen molar-refractivity contribution in [1.29, 1.82) is 0 Å². The van der Waals surface area contributed by atoms with E-state index in [1.165, 1.54) is 51.9 Å². The van der Waals surface area contributed by atoms with Crippen molar-refractivity contribution < 1.29 is 13.8 Å². The molecular formula is C18H34ClN4O3P. The van der Waals surface area contributed by atoms with Crippen LogP contribution in [-0.2, 0) is 13.8 Å². The molecular weight excluding hydrogens is 387 g/mol. The lowest BCUT2D eigenvalue weighted by Gasteiger charge is -2.38. The molecule has 0 saturated carbocycles. The number of hydrogen-bond acceptors (Lipinski definition) is 7. The predicted octanol–water partition coefficient (Wildman–Crippen LogP) is 3.32. The van der Waals surface area contributed by atoms with Crippen molar-refractivity contribution in [1.82, 2.24) is 19.9 Å². The number of nitrogens with zero attached hydrogens (tertiary/aromatic N) is 4. The fourth-order valence-corrected chi connectivity index (χ4v) is 6.51. The minimum Gasteiger partial charge on any atom is -0.300 e. The Balaban J connectivity index is 1.17. The molecule has 4 aliphatic heterocycles. The molecule has 0 atom stereocenters. The van der Waals surface area contributed by atoms with Crippen LogP contribution in [0.15, 0.2) is 0 Å². The quantitative estimate of drug-likeness (QED) is 0.611. The van der Waals surface area contributed by atoms with Gasteiger partial charge in [0.25, 0.3) is 0 Å². The SMILES string of the molecule is O=P(Cl)(ON1CCC(N2CCCC2)CC1)ON1CCC(N2CCCC2)CC1. The molecule has 4 aliphatic rings. The summed E-state index contributed by atoms with van der Waals surface area (Å²) >= 11 is 6.14. The zero-order valence-electron chi connectivity index (χ0n) is 16.3. The first-order chi connectivity index (χ1) is 13.1. The second kappa shape index (κ2) is 9.40. The Morgan fingerprint density at radius 1 is 0.630 bits per heavy atom. The van der Waals surface area contributed by atoms with Crippen LogP contribution in [-0.4, -0.2) is 84.4 Å². The van der Waals surface area contributed by atoms with E-state index in [0.717, 1.165) is 51.9 Å². The summed E-state index contributed by atoms with van der Waals surface area (Å²) in [7, 11) is 0. The summed E-state index contributed by atoms with van der Waals surface area (Å²) in [6.45, 7) is 4.30. The molecule has 156 valence electrons. The molecule has 0 amide bonds. The van der Waals surface area contributed by atoms with Gasteiger partial charge in [0.15, 0.2) is 0 Å². The van der Waals surface area contributed by atoms with E-state index in [9.17, 15) is 4.57 Å². The molecule has 0 aromatic rings. The third-order valence-electron chi connectivity index (χ3n) is 6.59. The molecule has 0 unspecified atom stereocenters. The van der Waals surface area contributed by atoms with Crippen LogP contribution in [0.4, 0.5) is 0 Å². The van der Waals surface area contributed by atoms with Crippen LogP contribution in [0.25, 0.3) is 0 Å². The van der Waals surface area contributed by atoms with Crippen molar-refractivity contribution in [3.8, 4) is 0 Å². The van der Waals surface area contributed by atoms with Gasteiger partial charge in [0.2, 0.25) is 0 Å². The van der Waals surface area contributed by atoms with Gasteiger partial charge in [-0.2, -0.15) is 10.1 Å². The number of piperidine rings is 2. The molecule has 0 aromatic carbocycles. The van der Waals surface area contributed by atoms with Crippen molar-refractivity contribution in [2.75, 3.05) is 52.4 Å². The van der Waals surface area contributed by atoms with E-state index in [1.807, 2.05) is 0 Å². The van der Waals surface area contributed by atoms with Crippen LogP contribution in [0.3, 0.4) is 0 Å². The number of halogens is 1. The zero-order chi connectivity index (χ0) is 18.7. The van der Waals surface area contributed by atoms with Gasteiger partial charge in [0.1, 0.15) is 0 Å². The summed E-state index contributed by atoms with van der Waals surface area (Å²) in [5.74, 6) is 0. The number of hydroxylamine groups is 4. The Kier molecular flexibility index (Phi) is 7.15. The fourth-order valence-electron chi connectivity index (χ4n) is 5.08. The van der Waals surface area contributed by atoms with Gasteiger partial charge in [-0.05, 0) is 77.5 Å². The van der Waals surface area contributed by atoms with Gasteiger partial charge in [0.05, 0.1) is 0 Å². The van der Waals surface area contributed by atoms with Crippen LogP contribution in [0.2, 0.25) is 0 Å². The number of hydrogen-bond donors (Lipinski definition) is 0. The Hall–Kier alpha value is 0.280. The smallest absolute Gasteiger partial charge is 0.300 e. The predicted molar refractivity (Wildman–Crippen MR) is 106 cm³/mol. The molecule has 0 radical (unpaired) electrons. The van der Waals surface area contributed by atoms with Crippen LogP contribution in [0.1, 0.15) is 51.4 Å². The van der Waals surface area contributed by atoms with E-state index in [-0.39, 0.29) is 0 Å². The van der Waals surface area contributed by atoms with E-state index in [0.29, 0.717) is 12.1 Å². The second-order valence-corrected chi connectivity index (χ2v) is 10.8. The van der Waals surface area contributed by atoms with Gasteiger partial charge >= 0.3 is 6.95 Å².